The van der Waals surface area contributed by atoms with Crippen LogP contribution in [0.25, 0.3) is 0 Å². The van der Waals surface area contributed by atoms with Gasteiger partial charge in [-0.1, -0.05) is 66.2 Å². The van der Waals surface area contributed by atoms with Gasteiger partial charge in [-0.25, -0.2) is 0 Å². The molecule has 2 heteroatoms. The minimum absolute atomic E-state index is 0.695. The van der Waals surface area contributed by atoms with Gasteiger partial charge < -0.3 is 9.59 Å². The average molecular weight is 334 g/mol. The number of nitrogens with zero attached hydrogens (tertiary/aromatic N) is 1. The Bertz CT molecular complexity index is 706. The first-order valence-corrected chi connectivity index (χ1v) is 9.37. The fourth-order valence-corrected chi connectivity index (χ4v) is 4.84. The molecule has 4 rings (SSSR count). The molecular formula is C23H28NO+. The van der Waals surface area contributed by atoms with Gasteiger partial charge in [-0.15, -0.1) is 0 Å². The van der Waals surface area contributed by atoms with Gasteiger partial charge in [-0.2, -0.15) is 0 Å². The molecular weight excluding hydrogens is 306 g/mol. The van der Waals surface area contributed by atoms with Crippen molar-refractivity contribution in [3.63, 3.8) is 0 Å². The average Bonchev–Trinajstić information content (AvgIpc) is 2.80. The van der Waals surface area contributed by atoms with Crippen molar-refractivity contribution in [3.05, 3.63) is 83.4 Å². The Morgan fingerprint density at radius 2 is 1.28 bits per heavy atom. The third-order valence-corrected chi connectivity index (χ3v) is 6.55. The lowest BCUT2D eigenvalue weighted by Crippen LogP contribution is -2.53. The SMILES string of the molecule is C[N+]1(C)C2CCC1CC(=CC(O)(c1ccccc1)c1ccccc1)C2. The molecule has 0 amide bonds. The van der Waals surface area contributed by atoms with Crippen molar-refractivity contribution in [2.45, 2.75) is 43.4 Å². The van der Waals surface area contributed by atoms with Crippen LogP contribution in [-0.2, 0) is 5.60 Å². The van der Waals surface area contributed by atoms with Crippen LogP contribution in [0.4, 0.5) is 0 Å². The number of hydrogen-bond donors (Lipinski definition) is 1. The lowest BCUT2D eigenvalue weighted by Gasteiger charge is -2.43. The third-order valence-electron chi connectivity index (χ3n) is 6.55. The van der Waals surface area contributed by atoms with E-state index >= 15 is 0 Å². The minimum Gasteiger partial charge on any atom is -0.377 e. The maximum atomic E-state index is 11.7. The van der Waals surface area contributed by atoms with Crippen molar-refractivity contribution in [1.29, 1.82) is 0 Å². The molecule has 130 valence electrons. The summed E-state index contributed by atoms with van der Waals surface area (Å²) in [5, 5.41) is 11.7. The van der Waals surface area contributed by atoms with Gasteiger partial charge in [0, 0.05) is 25.7 Å². The quantitative estimate of drug-likeness (QED) is 0.657. The number of aliphatic hydroxyl groups is 1. The van der Waals surface area contributed by atoms with E-state index in [1.54, 1.807) is 0 Å². The number of fused-ring (bicyclic) bond motifs is 2. The molecule has 2 unspecified atom stereocenters. The Morgan fingerprint density at radius 1 is 0.840 bits per heavy atom. The molecule has 0 radical (unpaired) electrons. The number of benzene rings is 2. The standard InChI is InChI=1S/C23H28NO/c1-24(2)21-13-14-22(24)16-18(15-21)17-23(25,19-9-5-3-6-10-19)20-11-7-4-8-12-20/h3-12,17,21-22,25H,13-16H2,1-2H3/q+1. The van der Waals surface area contributed by atoms with Crippen molar-refractivity contribution < 1.29 is 9.59 Å². The van der Waals surface area contributed by atoms with E-state index in [9.17, 15) is 5.11 Å². The molecule has 2 nitrogen and oxygen atoms in total. The zero-order valence-corrected chi connectivity index (χ0v) is 15.2. The number of quaternary nitrogens is 1. The first kappa shape index (κ1) is 16.6. The molecule has 2 aliphatic heterocycles. The van der Waals surface area contributed by atoms with Crippen LogP contribution >= 0.6 is 0 Å². The highest BCUT2D eigenvalue weighted by Crippen LogP contribution is 2.44. The van der Waals surface area contributed by atoms with Crippen LogP contribution in [0.2, 0.25) is 0 Å². The van der Waals surface area contributed by atoms with E-state index in [0.29, 0.717) is 12.1 Å². The van der Waals surface area contributed by atoms with Crippen LogP contribution in [0.1, 0.15) is 36.8 Å². The molecule has 0 saturated carbocycles. The Kier molecular flexibility index (Phi) is 4.05. The largest absolute Gasteiger partial charge is 0.377 e. The molecule has 25 heavy (non-hydrogen) atoms. The van der Waals surface area contributed by atoms with Crippen molar-refractivity contribution in [1.82, 2.24) is 0 Å². The van der Waals surface area contributed by atoms with Crippen molar-refractivity contribution in [3.8, 4) is 0 Å². The van der Waals surface area contributed by atoms with E-state index < -0.39 is 5.60 Å². The Balaban J connectivity index is 1.76. The molecule has 0 aliphatic carbocycles. The summed E-state index contributed by atoms with van der Waals surface area (Å²) >= 11 is 0. The van der Waals surface area contributed by atoms with Gasteiger partial charge in [0.2, 0.25) is 0 Å². The fourth-order valence-electron chi connectivity index (χ4n) is 4.84. The Morgan fingerprint density at radius 3 is 1.72 bits per heavy atom. The first-order valence-electron chi connectivity index (χ1n) is 9.37. The summed E-state index contributed by atoms with van der Waals surface area (Å²) in [7, 11) is 4.75. The van der Waals surface area contributed by atoms with Crippen LogP contribution in [0.3, 0.4) is 0 Å². The van der Waals surface area contributed by atoms with Crippen molar-refractivity contribution in [2.75, 3.05) is 14.1 Å². The molecule has 0 spiro atoms. The summed E-state index contributed by atoms with van der Waals surface area (Å²) in [6.45, 7) is 0. The van der Waals surface area contributed by atoms with E-state index in [1.165, 1.54) is 18.4 Å². The van der Waals surface area contributed by atoms with Crippen LogP contribution in [0.5, 0.6) is 0 Å². The van der Waals surface area contributed by atoms with Crippen LogP contribution < -0.4 is 0 Å². The smallest absolute Gasteiger partial charge is 0.133 e. The summed E-state index contributed by atoms with van der Waals surface area (Å²) in [6.07, 6.45) is 6.98. The highest BCUT2D eigenvalue weighted by Gasteiger charge is 2.47. The van der Waals surface area contributed by atoms with Crippen LogP contribution in [0, 0.1) is 0 Å². The fraction of sp³-hybridized carbons (Fsp3) is 0.391. The predicted octanol–water partition coefficient (Wildman–Crippen LogP) is 4.25. The molecule has 2 fully saturated rings. The molecule has 2 aromatic rings. The highest BCUT2D eigenvalue weighted by atomic mass is 16.3. The summed E-state index contributed by atoms with van der Waals surface area (Å²) in [5.74, 6) is 0. The summed E-state index contributed by atoms with van der Waals surface area (Å²) in [5.41, 5.74) is 2.26. The lowest BCUT2D eigenvalue weighted by molar-refractivity contribution is -0.928. The van der Waals surface area contributed by atoms with Gasteiger partial charge in [0.15, 0.2) is 0 Å². The van der Waals surface area contributed by atoms with Crippen molar-refractivity contribution >= 4 is 0 Å². The summed E-state index contributed by atoms with van der Waals surface area (Å²) in [4.78, 5) is 0. The second-order valence-corrected chi connectivity index (χ2v) is 8.22. The molecule has 2 aliphatic rings. The zero-order valence-electron chi connectivity index (χ0n) is 15.2. The lowest BCUT2D eigenvalue weighted by atomic mass is 9.82. The summed E-state index contributed by atoms with van der Waals surface area (Å²) in [6, 6.07) is 21.5. The highest BCUT2D eigenvalue weighted by molar-refractivity contribution is 5.42. The van der Waals surface area contributed by atoms with E-state index in [1.807, 2.05) is 60.7 Å². The topological polar surface area (TPSA) is 20.2 Å². The number of piperidine rings is 1. The number of rotatable bonds is 3. The van der Waals surface area contributed by atoms with Gasteiger partial charge in [0.1, 0.15) is 5.60 Å². The second kappa shape index (κ2) is 6.12. The van der Waals surface area contributed by atoms with Gasteiger partial charge in [-0.3, -0.25) is 0 Å². The Hall–Kier alpha value is -1.90. The predicted molar refractivity (Wildman–Crippen MR) is 102 cm³/mol. The van der Waals surface area contributed by atoms with Crippen LogP contribution in [0.15, 0.2) is 72.3 Å². The van der Waals surface area contributed by atoms with Crippen LogP contribution in [-0.4, -0.2) is 35.8 Å². The molecule has 2 aromatic carbocycles. The Labute approximate surface area is 151 Å². The van der Waals surface area contributed by atoms with E-state index in [4.69, 9.17) is 0 Å². The molecule has 0 aromatic heterocycles. The third kappa shape index (κ3) is 2.84. The molecule has 2 bridgehead atoms. The summed E-state index contributed by atoms with van der Waals surface area (Å²) < 4.78 is 1.15. The molecule has 2 saturated heterocycles. The monoisotopic (exact) mass is 334 g/mol. The van der Waals surface area contributed by atoms with Gasteiger partial charge >= 0.3 is 0 Å². The van der Waals surface area contributed by atoms with E-state index in [2.05, 4.69) is 20.2 Å². The van der Waals surface area contributed by atoms with Gasteiger partial charge in [0.25, 0.3) is 0 Å². The zero-order chi connectivity index (χ0) is 17.5. The van der Waals surface area contributed by atoms with Crippen molar-refractivity contribution in [2.24, 2.45) is 0 Å². The second-order valence-electron chi connectivity index (χ2n) is 8.22. The maximum Gasteiger partial charge on any atom is 0.133 e. The van der Waals surface area contributed by atoms with E-state index in [-0.39, 0.29) is 0 Å². The molecule has 2 atom stereocenters. The normalized spacial score (nSPS) is 25.0. The van der Waals surface area contributed by atoms with Gasteiger partial charge in [-0.05, 0) is 17.2 Å². The molecule has 2 heterocycles. The number of hydrogen-bond acceptors (Lipinski definition) is 1. The first-order chi connectivity index (χ1) is 12.0. The minimum atomic E-state index is -1.05. The van der Waals surface area contributed by atoms with E-state index in [0.717, 1.165) is 28.5 Å². The van der Waals surface area contributed by atoms with Gasteiger partial charge in [0.05, 0.1) is 26.2 Å². The molecule has 1 N–H and O–H groups in total. The maximum absolute atomic E-state index is 11.7.